The van der Waals surface area contributed by atoms with Gasteiger partial charge in [0.1, 0.15) is 0 Å². The Hall–Kier alpha value is -1.62. The maximum Gasteiger partial charge on any atom is 0.194 e. The molecule has 128 valence electrons. The molecule has 0 aliphatic carbocycles. The minimum absolute atomic E-state index is 0.640. The van der Waals surface area contributed by atoms with E-state index in [1.807, 2.05) is 12.3 Å². The number of aryl methyl sites for hydroxylation is 1. The molecule has 0 amide bonds. The van der Waals surface area contributed by atoms with Gasteiger partial charge in [-0.25, -0.2) is 4.99 Å². The number of nitrogens with one attached hydrogen (secondary N) is 1. The molecule has 2 rings (SSSR count). The van der Waals surface area contributed by atoms with Crippen LogP contribution < -0.4 is 5.32 Å². The third-order valence-electron chi connectivity index (χ3n) is 4.62. The van der Waals surface area contributed by atoms with Gasteiger partial charge in [-0.1, -0.05) is 19.9 Å². The highest BCUT2D eigenvalue weighted by atomic mass is 15.3. The van der Waals surface area contributed by atoms with Gasteiger partial charge in [0.15, 0.2) is 5.96 Å². The standard InChI is InChI=1S/C18H31N5/c1-5-19-18(21-13-17-15(4)9-8-11-20-17)23-12-10-16(14-23)22(6-2)7-3/h8-9,11,16H,5-7,10,12-14H2,1-4H3,(H,19,21). The Morgan fingerprint density at radius 3 is 2.83 bits per heavy atom. The Kier molecular flexibility index (Phi) is 6.84. The Balaban J connectivity index is 2.04. The summed E-state index contributed by atoms with van der Waals surface area (Å²) in [6, 6.07) is 4.71. The molecule has 1 saturated heterocycles. The molecule has 1 aliphatic heterocycles. The second-order valence-electron chi connectivity index (χ2n) is 6.05. The molecule has 1 aromatic heterocycles. The number of guanidine groups is 1. The fourth-order valence-corrected chi connectivity index (χ4v) is 3.23. The zero-order chi connectivity index (χ0) is 16.7. The molecule has 1 atom stereocenters. The average molecular weight is 317 g/mol. The van der Waals surface area contributed by atoms with E-state index in [1.165, 1.54) is 12.0 Å². The van der Waals surface area contributed by atoms with E-state index in [4.69, 9.17) is 4.99 Å². The van der Waals surface area contributed by atoms with Gasteiger partial charge in [0.2, 0.25) is 0 Å². The zero-order valence-electron chi connectivity index (χ0n) is 15.0. The van der Waals surface area contributed by atoms with Crippen molar-refractivity contribution in [3.8, 4) is 0 Å². The van der Waals surface area contributed by atoms with Gasteiger partial charge in [-0.05, 0) is 45.0 Å². The first-order valence-electron chi connectivity index (χ1n) is 8.87. The smallest absolute Gasteiger partial charge is 0.194 e. The van der Waals surface area contributed by atoms with E-state index in [0.29, 0.717) is 12.6 Å². The number of likely N-dealkylation sites (N-methyl/N-ethyl adjacent to an activating group) is 1. The summed E-state index contributed by atoms with van der Waals surface area (Å²) in [5.74, 6) is 1.02. The molecular formula is C18H31N5. The van der Waals surface area contributed by atoms with E-state index < -0.39 is 0 Å². The van der Waals surface area contributed by atoms with Crippen LogP contribution in [0.2, 0.25) is 0 Å². The molecule has 1 aromatic rings. The molecule has 0 bridgehead atoms. The minimum Gasteiger partial charge on any atom is -0.357 e. The summed E-state index contributed by atoms with van der Waals surface area (Å²) in [6.45, 7) is 14.6. The van der Waals surface area contributed by atoms with Crippen molar-refractivity contribution in [3.63, 3.8) is 0 Å². The van der Waals surface area contributed by atoms with Gasteiger partial charge in [0.05, 0.1) is 12.2 Å². The van der Waals surface area contributed by atoms with E-state index in [2.05, 4.69) is 53.9 Å². The Labute approximate surface area is 140 Å². The molecule has 0 saturated carbocycles. The summed E-state index contributed by atoms with van der Waals surface area (Å²) in [7, 11) is 0. The van der Waals surface area contributed by atoms with Gasteiger partial charge in [-0.3, -0.25) is 9.88 Å². The van der Waals surface area contributed by atoms with Crippen molar-refractivity contribution >= 4 is 5.96 Å². The maximum absolute atomic E-state index is 4.82. The number of aliphatic imine (C=N–C) groups is 1. The van der Waals surface area contributed by atoms with E-state index in [9.17, 15) is 0 Å². The molecule has 1 aliphatic rings. The first-order chi connectivity index (χ1) is 11.2. The van der Waals surface area contributed by atoms with Gasteiger partial charge < -0.3 is 10.2 Å². The third kappa shape index (κ3) is 4.67. The lowest BCUT2D eigenvalue weighted by atomic mass is 10.2. The number of likely N-dealkylation sites (tertiary alicyclic amines) is 1. The summed E-state index contributed by atoms with van der Waals surface area (Å²) in [5.41, 5.74) is 2.26. The van der Waals surface area contributed by atoms with Gasteiger partial charge in [0.25, 0.3) is 0 Å². The molecule has 0 radical (unpaired) electrons. The van der Waals surface area contributed by atoms with Crippen molar-refractivity contribution in [2.24, 2.45) is 4.99 Å². The fraction of sp³-hybridized carbons (Fsp3) is 0.667. The maximum atomic E-state index is 4.82. The second-order valence-corrected chi connectivity index (χ2v) is 6.05. The van der Waals surface area contributed by atoms with E-state index in [1.54, 1.807) is 0 Å². The second kappa shape index (κ2) is 8.87. The first-order valence-corrected chi connectivity index (χ1v) is 8.87. The van der Waals surface area contributed by atoms with Gasteiger partial charge in [-0.15, -0.1) is 0 Å². The van der Waals surface area contributed by atoms with Crippen LogP contribution in [0.25, 0.3) is 0 Å². The van der Waals surface area contributed by atoms with Crippen LogP contribution >= 0.6 is 0 Å². The normalized spacial score (nSPS) is 18.7. The van der Waals surface area contributed by atoms with Crippen molar-refractivity contribution in [3.05, 3.63) is 29.6 Å². The van der Waals surface area contributed by atoms with Crippen molar-refractivity contribution < 1.29 is 0 Å². The number of pyridine rings is 1. The quantitative estimate of drug-likeness (QED) is 0.646. The minimum atomic E-state index is 0.640. The summed E-state index contributed by atoms with van der Waals surface area (Å²) in [5, 5.41) is 3.44. The van der Waals surface area contributed by atoms with Crippen LogP contribution in [0.1, 0.15) is 38.4 Å². The highest BCUT2D eigenvalue weighted by molar-refractivity contribution is 5.80. The highest BCUT2D eigenvalue weighted by Crippen LogP contribution is 2.16. The van der Waals surface area contributed by atoms with Crippen LogP contribution in [-0.2, 0) is 6.54 Å². The fourth-order valence-electron chi connectivity index (χ4n) is 3.23. The summed E-state index contributed by atoms with van der Waals surface area (Å²) in [4.78, 5) is 14.2. The highest BCUT2D eigenvalue weighted by Gasteiger charge is 2.27. The molecule has 1 unspecified atom stereocenters. The van der Waals surface area contributed by atoms with Crippen LogP contribution in [-0.4, -0.2) is 59.5 Å². The lowest BCUT2D eigenvalue weighted by Crippen LogP contribution is -2.43. The zero-order valence-corrected chi connectivity index (χ0v) is 15.0. The Morgan fingerprint density at radius 2 is 2.17 bits per heavy atom. The molecular weight excluding hydrogens is 286 g/mol. The molecule has 0 spiro atoms. The van der Waals surface area contributed by atoms with E-state index in [-0.39, 0.29) is 0 Å². The Morgan fingerprint density at radius 1 is 1.39 bits per heavy atom. The number of hydrogen-bond acceptors (Lipinski definition) is 3. The molecule has 1 fully saturated rings. The lowest BCUT2D eigenvalue weighted by molar-refractivity contribution is 0.223. The summed E-state index contributed by atoms with van der Waals surface area (Å²) >= 11 is 0. The molecule has 0 aromatic carbocycles. The monoisotopic (exact) mass is 317 g/mol. The average Bonchev–Trinajstić information content (AvgIpc) is 3.04. The number of nitrogens with zero attached hydrogens (tertiary/aromatic N) is 4. The van der Waals surface area contributed by atoms with Crippen molar-refractivity contribution in [2.75, 3.05) is 32.7 Å². The topological polar surface area (TPSA) is 43.8 Å². The van der Waals surface area contributed by atoms with Crippen molar-refractivity contribution in [2.45, 2.75) is 46.7 Å². The van der Waals surface area contributed by atoms with Crippen LogP contribution in [0.5, 0.6) is 0 Å². The summed E-state index contributed by atoms with van der Waals surface area (Å²) < 4.78 is 0. The van der Waals surface area contributed by atoms with Gasteiger partial charge >= 0.3 is 0 Å². The number of rotatable bonds is 6. The van der Waals surface area contributed by atoms with Crippen LogP contribution in [0.15, 0.2) is 23.3 Å². The van der Waals surface area contributed by atoms with Crippen LogP contribution in [0.3, 0.4) is 0 Å². The van der Waals surface area contributed by atoms with E-state index >= 15 is 0 Å². The van der Waals surface area contributed by atoms with Crippen molar-refractivity contribution in [1.82, 2.24) is 20.1 Å². The number of hydrogen-bond donors (Lipinski definition) is 1. The predicted molar refractivity (Wildman–Crippen MR) is 96.7 cm³/mol. The molecule has 23 heavy (non-hydrogen) atoms. The number of aromatic nitrogens is 1. The Bertz CT molecular complexity index is 510. The largest absolute Gasteiger partial charge is 0.357 e. The molecule has 5 nitrogen and oxygen atoms in total. The molecule has 5 heteroatoms. The van der Waals surface area contributed by atoms with E-state index in [0.717, 1.165) is 44.4 Å². The SMILES string of the molecule is CCNC(=NCc1ncccc1C)N1CCC(N(CC)CC)C1. The first kappa shape index (κ1) is 17.7. The summed E-state index contributed by atoms with van der Waals surface area (Å²) in [6.07, 6.45) is 3.06. The van der Waals surface area contributed by atoms with Crippen LogP contribution in [0.4, 0.5) is 0 Å². The van der Waals surface area contributed by atoms with Crippen molar-refractivity contribution in [1.29, 1.82) is 0 Å². The lowest BCUT2D eigenvalue weighted by Gasteiger charge is -2.27. The predicted octanol–water partition coefficient (Wildman–Crippen LogP) is 2.27. The molecule has 2 heterocycles. The third-order valence-corrected chi connectivity index (χ3v) is 4.62. The van der Waals surface area contributed by atoms with Crippen LogP contribution in [0, 0.1) is 6.92 Å². The molecule has 1 N–H and O–H groups in total. The van der Waals surface area contributed by atoms with Gasteiger partial charge in [-0.2, -0.15) is 0 Å². The van der Waals surface area contributed by atoms with Gasteiger partial charge in [0, 0.05) is 31.9 Å².